The van der Waals surface area contributed by atoms with Gasteiger partial charge in [0.15, 0.2) is 6.29 Å². The van der Waals surface area contributed by atoms with Crippen LogP contribution in [0.5, 0.6) is 0 Å². The number of rotatable bonds is 7. The van der Waals surface area contributed by atoms with Crippen molar-refractivity contribution in [3.05, 3.63) is 101 Å². The summed E-state index contributed by atoms with van der Waals surface area (Å²) in [6.45, 7) is 5.30. The van der Waals surface area contributed by atoms with Crippen LogP contribution >= 0.6 is 0 Å². The number of aromatic nitrogens is 2. The topological polar surface area (TPSA) is 96.8 Å². The highest BCUT2D eigenvalue weighted by molar-refractivity contribution is 6.03. The Kier molecular flexibility index (Phi) is 9.39. The average Bonchev–Trinajstić information content (AvgIpc) is 3.03. The van der Waals surface area contributed by atoms with Gasteiger partial charge in [0.25, 0.3) is 5.91 Å². The molecule has 224 valence electrons. The van der Waals surface area contributed by atoms with Crippen molar-refractivity contribution < 1.29 is 19.4 Å². The smallest absolute Gasteiger partial charge is 0.275 e. The van der Waals surface area contributed by atoms with Crippen molar-refractivity contribution in [1.29, 1.82) is 0 Å². The van der Waals surface area contributed by atoms with Gasteiger partial charge >= 0.3 is 0 Å². The predicted molar refractivity (Wildman–Crippen MR) is 166 cm³/mol. The normalized spacial score (nSPS) is 23.4. The van der Waals surface area contributed by atoms with Crippen LogP contribution in [0.4, 0.5) is 5.69 Å². The first-order chi connectivity index (χ1) is 21.1. The fourth-order valence-electron chi connectivity index (χ4n) is 6.06. The third-order valence-electron chi connectivity index (χ3n) is 8.63. The fraction of sp³-hybridized carbons (Fsp3) is 0.400. The summed E-state index contributed by atoms with van der Waals surface area (Å²) in [6, 6.07) is 23.1. The molecule has 4 atom stereocenters. The molecule has 1 aromatic heterocycles. The number of carbonyl (C=O) groups is 1. The van der Waals surface area contributed by atoms with Gasteiger partial charge in [-0.25, -0.2) is 4.98 Å². The van der Waals surface area contributed by atoms with Crippen LogP contribution in [-0.2, 0) is 16.1 Å². The van der Waals surface area contributed by atoms with Gasteiger partial charge in [-0.15, -0.1) is 0 Å². The van der Waals surface area contributed by atoms with E-state index in [4.69, 9.17) is 9.47 Å². The van der Waals surface area contributed by atoms with E-state index in [2.05, 4.69) is 39.2 Å². The molecule has 2 fully saturated rings. The molecule has 2 aliphatic rings. The summed E-state index contributed by atoms with van der Waals surface area (Å²) in [4.78, 5) is 24.3. The van der Waals surface area contributed by atoms with E-state index in [9.17, 15) is 9.90 Å². The molecule has 2 aliphatic heterocycles. The van der Waals surface area contributed by atoms with E-state index in [0.717, 1.165) is 41.8 Å². The van der Waals surface area contributed by atoms with Gasteiger partial charge in [0.2, 0.25) is 0 Å². The Labute approximate surface area is 253 Å². The van der Waals surface area contributed by atoms with E-state index in [1.807, 2.05) is 60.7 Å². The van der Waals surface area contributed by atoms with Gasteiger partial charge in [0.05, 0.1) is 36.0 Å². The zero-order valence-corrected chi connectivity index (χ0v) is 24.7. The summed E-state index contributed by atoms with van der Waals surface area (Å²) in [5.41, 5.74) is 5.19. The molecular formula is C35H40N4O4. The molecule has 43 heavy (non-hydrogen) atoms. The number of aliphatic hydroxyl groups excluding tert-OH is 1. The molecule has 0 aliphatic carbocycles. The largest absolute Gasteiger partial charge is 0.392 e. The monoisotopic (exact) mass is 580 g/mol. The first kappa shape index (κ1) is 29.4. The quantitative estimate of drug-likeness (QED) is 0.260. The van der Waals surface area contributed by atoms with Crippen LogP contribution in [0.3, 0.4) is 0 Å². The molecule has 0 spiro atoms. The van der Waals surface area contributed by atoms with Gasteiger partial charge in [0, 0.05) is 23.7 Å². The minimum Gasteiger partial charge on any atom is -0.392 e. The number of nitrogens with one attached hydrogen (secondary N) is 1. The summed E-state index contributed by atoms with van der Waals surface area (Å²) in [5, 5.41) is 12.5. The molecule has 3 heterocycles. The second-order valence-electron chi connectivity index (χ2n) is 11.7. The minimum absolute atomic E-state index is 0.00782. The van der Waals surface area contributed by atoms with E-state index in [1.165, 1.54) is 38.3 Å². The van der Waals surface area contributed by atoms with E-state index < -0.39 is 6.29 Å². The van der Waals surface area contributed by atoms with E-state index in [0.29, 0.717) is 11.2 Å². The zero-order chi connectivity index (χ0) is 29.6. The number of aliphatic hydroxyl groups is 1. The van der Waals surface area contributed by atoms with Crippen LogP contribution in [0.15, 0.2) is 79.0 Å². The van der Waals surface area contributed by atoms with E-state index in [1.54, 1.807) is 0 Å². The van der Waals surface area contributed by atoms with Crippen molar-refractivity contribution in [2.75, 3.05) is 25.0 Å². The molecule has 0 bridgehead atoms. The number of anilines is 1. The highest BCUT2D eigenvalue weighted by Crippen LogP contribution is 2.42. The minimum atomic E-state index is -0.547. The van der Waals surface area contributed by atoms with E-state index >= 15 is 0 Å². The highest BCUT2D eigenvalue weighted by atomic mass is 16.7. The zero-order valence-electron chi connectivity index (χ0n) is 24.7. The van der Waals surface area contributed by atoms with Crippen LogP contribution in [0, 0.1) is 5.92 Å². The Balaban J connectivity index is 1.19. The van der Waals surface area contributed by atoms with Gasteiger partial charge in [-0.3, -0.25) is 9.78 Å². The summed E-state index contributed by atoms with van der Waals surface area (Å²) in [5.74, 6) is -0.173. The molecule has 0 radical (unpaired) electrons. The summed E-state index contributed by atoms with van der Waals surface area (Å²) >= 11 is 0. The van der Waals surface area contributed by atoms with Gasteiger partial charge in [0.1, 0.15) is 5.69 Å². The lowest BCUT2D eigenvalue weighted by atomic mass is 9.89. The third-order valence-corrected chi connectivity index (χ3v) is 8.63. The number of hydrogen-bond donors (Lipinski definition) is 2. The van der Waals surface area contributed by atoms with Gasteiger partial charge in [-0.1, -0.05) is 74.7 Å². The van der Waals surface area contributed by atoms with Crippen molar-refractivity contribution in [2.45, 2.75) is 64.1 Å². The lowest BCUT2D eigenvalue weighted by Crippen LogP contribution is -2.45. The molecule has 8 heteroatoms. The van der Waals surface area contributed by atoms with Crippen LogP contribution in [0.25, 0.3) is 11.0 Å². The summed E-state index contributed by atoms with van der Waals surface area (Å²) < 4.78 is 13.3. The molecular weight excluding hydrogens is 540 g/mol. The number of carbonyl (C=O) groups excluding carboxylic acids is 1. The Bertz CT molecular complexity index is 1500. The lowest BCUT2D eigenvalue weighted by Gasteiger charge is -2.43. The predicted octanol–water partition coefficient (Wildman–Crippen LogP) is 6.43. The van der Waals surface area contributed by atoms with Crippen LogP contribution in [-0.4, -0.2) is 51.6 Å². The maximum absolute atomic E-state index is 12.9. The second kappa shape index (κ2) is 13.7. The number of para-hydroxylation sites is 2. The standard InChI is InChI=1S/C35H40N4O4/c1-24-32(22-39-19-7-3-2-4-8-20-39)42-35(43-33(24)26-13-11-25(23-40)12-14-26)27-15-17-28(18-16-27)37-34(41)31-21-36-29-9-5-6-10-30(29)38-31/h5-6,9-18,21,24,32-33,35,40H,2-4,7-8,19-20,22-23H2,1H3,(H,37,41)/t24-,32+,33+,35+/m0/s1. The van der Waals surface area contributed by atoms with Gasteiger partial charge in [-0.2, -0.15) is 0 Å². The van der Waals surface area contributed by atoms with Crippen LogP contribution in [0.2, 0.25) is 0 Å². The third kappa shape index (κ3) is 7.11. The number of nitrogens with zero attached hydrogens (tertiary/aromatic N) is 3. The number of ether oxygens (including phenoxy) is 2. The first-order valence-corrected chi connectivity index (χ1v) is 15.4. The van der Waals surface area contributed by atoms with Crippen molar-refractivity contribution in [3.63, 3.8) is 0 Å². The molecule has 0 saturated carbocycles. The first-order valence-electron chi connectivity index (χ1n) is 15.4. The molecule has 4 aromatic rings. The number of amides is 1. The molecule has 0 unspecified atom stereocenters. The Morgan fingerprint density at radius 1 is 0.884 bits per heavy atom. The number of benzene rings is 3. The molecule has 2 saturated heterocycles. The number of hydrogen-bond acceptors (Lipinski definition) is 7. The summed E-state index contributed by atoms with van der Waals surface area (Å²) in [6.07, 6.45) is 7.15. The van der Waals surface area contributed by atoms with Gasteiger partial charge in [-0.05, 0) is 61.3 Å². The molecule has 2 N–H and O–H groups in total. The fourth-order valence-corrected chi connectivity index (χ4v) is 6.06. The van der Waals surface area contributed by atoms with Crippen molar-refractivity contribution in [2.24, 2.45) is 5.92 Å². The second-order valence-corrected chi connectivity index (χ2v) is 11.7. The van der Waals surface area contributed by atoms with Crippen molar-refractivity contribution in [1.82, 2.24) is 14.9 Å². The van der Waals surface area contributed by atoms with Crippen molar-refractivity contribution in [3.8, 4) is 0 Å². The number of likely N-dealkylation sites (tertiary alicyclic amines) is 1. The van der Waals surface area contributed by atoms with Crippen molar-refractivity contribution >= 4 is 22.6 Å². The van der Waals surface area contributed by atoms with E-state index in [-0.39, 0.29) is 36.3 Å². The van der Waals surface area contributed by atoms with Gasteiger partial charge < -0.3 is 24.8 Å². The average molecular weight is 581 g/mol. The molecule has 1 amide bonds. The maximum Gasteiger partial charge on any atom is 0.275 e. The lowest BCUT2D eigenvalue weighted by molar-refractivity contribution is -0.276. The van der Waals surface area contributed by atoms with Crippen LogP contribution in [0.1, 0.15) is 78.6 Å². The van der Waals surface area contributed by atoms with Crippen LogP contribution < -0.4 is 5.32 Å². The molecule has 3 aromatic carbocycles. The number of fused-ring (bicyclic) bond motifs is 1. The maximum atomic E-state index is 12.9. The molecule has 6 rings (SSSR count). The molecule has 8 nitrogen and oxygen atoms in total. The Morgan fingerprint density at radius 2 is 1.56 bits per heavy atom. The Morgan fingerprint density at radius 3 is 2.28 bits per heavy atom. The SMILES string of the molecule is C[C@H]1[C@@H](CN2CCCCCCC2)O[C@@H](c2ccc(NC(=O)c3cnc4ccccc4n3)cc2)O[C@H]1c1ccc(CO)cc1. The summed E-state index contributed by atoms with van der Waals surface area (Å²) in [7, 11) is 0. The Hall–Kier alpha value is -3.69. The highest BCUT2D eigenvalue weighted by Gasteiger charge is 2.39.